The molecule has 2 heterocycles. The second-order valence-electron chi connectivity index (χ2n) is 8.88. The first-order valence-electron chi connectivity index (χ1n) is 12.0. The van der Waals surface area contributed by atoms with E-state index < -0.39 is 5.91 Å². The van der Waals surface area contributed by atoms with Gasteiger partial charge in [-0.3, -0.25) is 14.4 Å². The van der Waals surface area contributed by atoms with Crippen molar-refractivity contribution in [3.63, 3.8) is 0 Å². The van der Waals surface area contributed by atoms with Gasteiger partial charge >= 0.3 is 0 Å². The van der Waals surface area contributed by atoms with Gasteiger partial charge in [-0.2, -0.15) is 4.99 Å². The van der Waals surface area contributed by atoms with Crippen LogP contribution in [0.4, 0.5) is 11.4 Å². The lowest BCUT2D eigenvalue weighted by Crippen LogP contribution is -2.31. The van der Waals surface area contributed by atoms with Crippen LogP contribution in [0.1, 0.15) is 43.3 Å². The van der Waals surface area contributed by atoms with E-state index in [0.29, 0.717) is 29.2 Å². The number of primary amides is 1. The smallest absolute Gasteiger partial charge is 0.288 e. The molecule has 1 aromatic heterocycles. The number of amides is 3. The SMILES string of the molecule is CN(C(=O)c1ccccc1)c1ccc2c(c1)CC(=NC(=O)c1ccc(C3=CCC=C3)s1)N2CCC(N)=O. The molecule has 2 N–H and O–H groups in total. The standard InChI is InChI=1S/C29H26N4O3S/c1-32(29(36)20-9-3-2-4-10-20)22-11-12-23-21(17-22)18-27(33(23)16-15-26(30)34)31-28(35)25-14-13-24(37-25)19-7-5-6-8-19/h2-5,7-14,17H,6,15-16,18H2,1H3,(H2,30,34). The monoisotopic (exact) mass is 510 g/mol. The van der Waals surface area contributed by atoms with E-state index in [9.17, 15) is 14.4 Å². The fourth-order valence-corrected chi connectivity index (χ4v) is 5.39. The maximum Gasteiger partial charge on any atom is 0.288 e. The number of aliphatic imine (C=N–C) groups is 1. The highest BCUT2D eigenvalue weighted by atomic mass is 32.1. The van der Waals surface area contributed by atoms with Crippen molar-refractivity contribution in [1.82, 2.24) is 0 Å². The number of hydrogen-bond donors (Lipinski definition) is 1. The van der Waals surface area contributed by atoms with Gasteiger partial charge in [-0.05, 0) is 60.0 Å². The van der Waals surface area contributed by atoms with Crippen LogP contribution in [0.15, 0.2) is 83.9 Å². The minimum Gasteiger partial charge on any atom is -0.370 e. The number of allylic oxidation sites excluding steroid dienone is 4. The summed E-state index contributed by atoms with van der Waals surface area (Å²) in [6.07, 6.45) is 7.71. The molecular weight excluding hydrogens is 484 g/mol. The van der Waals surface area contributed by atoms with E-state index in [1.54, 1.807) is 30.1 Å². The summed E-state index contributed by atoms with van der Waals surface area (Å²) in [5, 5.41) is 0. The molecule has 0 bridgehead atoms. The topological polar surface area (TPSA) is 96.1 Å². The van der Waals surface area contributed by atoms with E-state index in [4.69, 9.17) is 5.73 Å². The van der Waals surface area contributed by atoms with Crippen LogP contribution in [0.25, 0.3) is 5.57 Å². The van der Waals surface area contributed by atoms with E-state index in [-0.39, 0.29) is 18.2 Å². The summed E-state index contributed by atoms with van der Waals surface area (Å²) in [7, 11) is 1.73. The summed E-state index contributed by atoms with van der Waals surface area (Å²) < 4.78 is 0. The number of fused-ring (bicyclic) bond motifs is 1. The minimum atomic E-state index is -0.426. The zero-order chi connectivity index (χ0) is 25.9. The Kier molecular flexibility index (Phi) is 6.83. The lowest BCUT2D eigenvalue weighted by Gasteiger charge is -2.21. The van der Waals surface area contributed by atoms with Crippen molar-refractivity contribution in [1.29, 1.82) is 0 Å². The van der Waals surface area contributed by atoms with Gasteiger partial charge in [-0.25, -0.2) is 0 Å². The summed E-state index contributed by atoms with van der Waals surface area (Å²) in [5.74, 6) is -0.300. The molecule has 0 unspecified atom stereocenters. The number of hydrogen-bond acceptors (Lipinski definition) is 4. The minimum absolute atomic E-state index is 0.117. The van der Waals surface area contributed by atoms with Crippen molar-refractivity contribution < 1.29 is 14.4 Å². The second kappa shape index (κ2) is 10.4. The largest absolute Gasteiger partial charge is 0.370 e. The summed E-state index contributed by atoms with van der Waals surface area (Å²) >= 11 is 1.42. The Balaban J connectivity index is 1.41. The van der Waals surface area contributed by atoms with Crippen molar-refractivity contribution in [2.24, 2.45) is 10.7 Å². The van der Waals surface area contributed by atoms with Crippen LogP contribution >= 0.6 is 11.3 Å². The van der Waals surface area contributed by atoms with Crippen molar-refractivity contribution >= 4 is 51.8 Å². The summed E-state index contributed by atoms with van der Waals surface area (Å²) in [4.78, 5) is 47.1. The molecule has 0 fully saturated rings. The number of carbonyl (C=O) groups excluding carboxylic acids is 3. The summed E-state index contributed by atoms with van der Waals surface area (Å²) in [6, 6.07) is 18.5. The highest BCUT2D eigenvalue weighted by Gasteiger charge is 2.28. The molecule has 186 valence electrons. The number of amidine groups is 1. The van der Waals surface area contributed by atoms with Gasteiger partial charge in [0.15, 0.2) is 0 Å². The third kappa shape index (κ3) is 5.15. The highest BCUT2D eigenvalue weighted by molar-refractivity contribution is 7.15. The van der Waals surface area contributed by atoms with Crippen LogP contribution in [0.2, 0.25) is 0 Å². The van der Waals surface area contributed by atoms with Crippen LogP contribution in [0.5, 0.6) is 0 Å². The van der Waals surface area contributed by atoms with Crippen molar-refractivity contribution in [2.45, 2.75) is 19.3 Å². The molecule has 7 nitrogen and oxygen atoms in total. The molecule has 3 aromatic rings. The number of rotatable bonds is 7. The molecular formula is C29H26N4O3S. The Labute approximate surface area is 219 Å². The molecule has 0 saturated heterocycles. The lowest BCUT2D eigenvalue weighted by molar-refractivity contribution is -0.117. The lowest BCUT2D eigenvalue weighted by atomic mass is 10.1. The van der Waals surface area contributed by atoms with Gasteiger partial charge in [0, 0.05) is 48.2 Å². The molecule has 37 heavy (non-hydrogen) atoms. The van der Waals surface area contributed by atoms with E-state index in [0.717, 1.165) is 33.8 Å². The molecule has 1 aliphatic carbocycles. The Morgan fingerprint density at radius 1 is 1.08 bits per heavy atom. The summed E-state index contributed by atoms with van der Waals surface area (Å²) in [5.41, 5.74) is 9.65. The van der Waals surface area contributed by atoms with E-state index >= 15 is 0 Å². The van der Waals surface area contributed by atoms with Crippen molar-refractivity contribution in [3.8, 4) is 0 Å². The van der Waals surface area contributed by atoms with Gasteiger partial charge in [0.25, 0.3) is 11.8 Å². The number of nitrogens with two attached hydrogens (primary N) is 1. The average Bonchev–Trinajstić information content (AvgIpc) is 3.66. The molecule has 2 aliphatic rings. The number of thiophene rings is 1. The molecule has 8 heteroatoms. The quantitative estimate of drug-likeness (QED) is 0.492. The predicted molar refractivity (Wildman–Crippen MR) is 148 cm³/mol. The first-order valence-corrected chi connectivity index (χ1v) is 12.8. The number of benzene rings is 2. The maximum absolute atomic E-state index is 13.1. The molecule has 3 amide bonds. The first-order chi connectivity index (χ1) is 17.9. The van der Waals surface area contributed by atoms with Crippen LogP contribution in [-0.2, 0) is 11.2 Å². The van der Waals surface area contributed by atoms with Crippen LogP contribution < -0.4 is 15.5 Å². The van der Waals surface area contributed by atoms with E-state index in [2.05, 4.69) is 23.2 Å². The molecule has 1 aliphatic heterocycles. The van der Waals surface area contributed by atoms with Crippen LogP contribution in [0, 0.1) is 0 Å². The molecule has 0 atom stereocenters. The zero-order valence-electron chi connectivity index (χ0n) is 20.4. The van der Waals surface area contributed by atoms with E-state index in [1.807, 2.05) is 47.4 Å². The second-order valence-corrected chi connectivity index (χ2v) is 9.97. The fraction of sp³-hybridized carbons (Fsp3) is 0.172. The zero-order valence-corrected chi connectivity index (χ0v) is 21.2. The van der Waals surface area contributed by atoms with E-state index in [1.165, 1.54) is 11.3 Å². The molecule has 0 spiro atoms. The highest BCUT2D eigenvalue weighted by Crippen LogP contribution is 2.34. The first kappa shape index (κ1) is 24.4. The average molecular weight is 511 g/mol. The molecule has 0 radical (unpaired) electrons. The number of anilines is 2. The Hall–Kier alpha value is -4.30. The van der Waals surface area contributed by atoms with Gasteiger partial charge in [0.05, 0.1) is 4.88 Å². The van der Waals surface area contributed by atoms with Gasteiger partial charge < -0.3 is 15.5 Å². The Morgan fingerprint density at radius 2 is 1.89 bits per heavy atom. The Morgan fingerprint density at radius 3 is 2.62 bits per heavy atom. The molecule has 0 saturated carbocycles. The van der Waals surface area contributed by atoms with Crippen molar-refractivity contribution in [3.05, 3.63) is 99.8 Å². The maximum atomic E-state index is 13.1. The predicted octanol–water partition coefficient (Wildman–Crippen LogP) is 4.84. The Bertz CT molecular complexity index is 1470. The van der Waals surface area contributed by atoms with Gasteiger partial charge in [0.2, 0.25) is 5.91 Å². The molecule has 2 aromatic carbocycles. The van der Waals surface area contributed by atoms with Crippen LogP contribution in [0.3, 0.4) is 0 Å². The molecule has 5 rings (SSSR count). The fourth-order valence-electron chi connectivity index (χ4n) is 4.47. The van der Waals surface area contributed by atoms with Crippen LogP contribution in [-0.4, -0.2) is 37.1 Å². The third-order valence-corrected chi connectivity index (χ3v) is 7.53. The summed E-state index contributed by atoms with van der Waals surface area (Å²) in [6.45, 7) is 0.319. The van der Waals surface area contributed by atoms with Gasteiger partial charge in [-0.1, -0.05) is 36.4 Å². The number of nitrogens with zero attached hydrogens (tertiary/aromatic N) is 3. The van der Waals surface area contributed by atoms with Gasteiger partial charge in [0.1, 0.15) is 5.84 Å². The normalized spacial score (nSPS) is 15.1. The third-order valence-electron chi connectivity index (χ3n) is 6.41. The van der Waals surface area contributed by atoms with Crippen molar-refractivity contribution in [2.75, 3.05) is 23.4 Å². The van der Waals surface area contributed by atoms with Gasteiger partial charge in [-0.15, -0.1) is 11.3 Å². The number of carbonyl (C=O) groups is 3.